The number of nitrogens with one attached hydrogen (secondary N) is 1. The molecule has 0 unspecified atom stereocenters. The van der Waals surface area contributed by atoms with E-state index in [1.165, 1.54) is 16.6 Å². The summed E-state index contributed by atoms with van der Waals surface area (Å²) < 4.78 is 12.0. The second kappa shape index (κ2) is 11.9. The predicted molar refractivity (Wildman–Crippen MR) is 121 cm³/mol. The lowest BCUT2D eigenvalue weighted by molar-refractivity contribution is 0.0975. The Hall–Kier alpha value is -3.07. The van der Waals surface area contributed by atoms with Crippen molar-refractivity contribution in [3.05, 3.63) is 50.7 Å². The first-order valence-corrected chi connectivity index (χ1v) is 10.6. The van der Waals surface area contributed by atoms with Crippen molar-refractivity contribution >= 4 is 17.4 Å². The molecule has 1 aromatic heterocycles. The SMILES string of the molecule is CCCCOc1ccc(C(=O)N(CCOC)c2c(N)n(CCCC)c(=O)[nH]c2=O)cc1. The zero-order valence-corrected chi connectivity index (χ0v) is 18.5. The van der Waals surface area contributed by atoms with E-state index in [9.17, 15) is 14.4 Å². The first-order chi connectivity index (χ1) is 14.9. The molecule has 1 aromatic carbocycles. The van der Waals surface area contributed by atoms with Gasteiger partial charge in [-0.1, -0.05) is 26.7 Å². The molecule has 3 N–H and O–H groups in total. The molecular formula is C22H32N4O5. The quantitative estimate of drug-likeness (QED) is 0.497. The van der Waals surface area contributed by atoms with E-state index in [4.69, 9.17) is 15.2 Å². The number of nitrogens with zero attached hydrogens (tertiary/aromatic N) is 2. The summed E-state index contributed by atoms with van der Waals surface area (Å²) in [6, 6.07) is 6.71. The van der Waals surface area contributed by atoms with Gasteiger partial charge in [0.05, 0.1) is 13.2 Å². The average Bonchev–Trinajstić information content (AvgIpc) is 2.76. The monoisotopic (exact) mass is 432 g/mol. The maximum atomic E-state index is 13.3. The third kappa shape index (κ3) is 6.21. The summed E-state index contributed by atoms with van der Waals surface area (Å²) in [6.45, 7) is 5.31. The van der Waals surface area contributed by atoms with E-state index in [1.54, 1.807) is 24.3 Å². The fourth-order valence-corrected chi connectivity index (χ4v) is 3.06. The molecule has 9 heteroatoms. The summed E-state index contributed by atoms with van der Waals surface area (Å²) in [5.41, 5.74) is 5.21. The van der Waals surface area contributed by atoms with Crippen molar-refractivity contribution in [2.75, 3.05) is 37.5 Å². The van der Waals surface area contributed by atoms with Crippen LogP contribution in [0.3, 0.4) is 0 Å². The molecule has 1 heterocycles. The van der Waals surface area contributed by atoms with Crippen LogP contribution in [-0.2, 0) is 11.3 Å². The van der Waals surface area contributed by atoms with Crippen LogP contribution >= 0.6 is 0 Å². The van der Waals surface area contributed by atoms with Crippen LogP contribution in [0.2, 0.25) is 0 Å². The van der Waals surface area contributed by atoms with Crippen LogP contribution in [-0.4, -0.2) is 42.3 Å². The lowest BCUT2D eigenvalue weighted by Gasteiger charge is -2.24. The number of anilines is 2. The summed E-state index contributed by atoms with van der Waals surface area (Å²) in [4.78, 5) is 41.7. The molecule has 0 fully saturated rings. The number of carbonyl (C=O) groups excluding carboxylic acids is 1. The van der Waals surface area contributed by atoms with Gasteiger partial charge in [-0.2, -0.15) is 0 Å². The van der Waals surface area contributed by atoms with E-state index in [0.717, 1.165) is 19.3 Å². The molecule has 31 heavy (non-hydrogen) atoms. The van der Waals surface area contributed by atoms with Gasteiger partial charge >= 0.3 is 5.69 Å². The van der Waals surface area contributed by atoms with Crippen LogP contribution < -0.4 is 26.6 Å². The molecule has 2 aromatic rings. The summed E-state index contributed by atoms with van der Waals surface area (Å²) in [6.07, 6.45) is 3.53. The number of nitrogen functional groups attached to an aromatic ring is 1. The van der Waals surface area contributed by atoms with Crippen LogP contribution in [0.5, 0.6) is 5.75 Å². The smallest absolute Gasteiger partial charge is 0.330 e. The fraction of sp³-hybridized carbons (Fsp3) is 0.500. The summed E-state index contributed by atoms with van der Waals surface area (Å²) in [5.74, 6) is 0.208. The molecule has 0 aliphatic carbocycles. The van der Waals surface area contributed by atoms with E-state index in [0.29, 0.717) is 30.9 Å². The standard InChI is InChI=1S/C22H32N4O5/c1-4-6-12-26-19(23)18(20(27)24-22(26)29)25(13-15-30-3)21(28)16-8-10-17(11-9-16)31-14-7-5-2/h8-11H,4-7,12-15,23H2,1-3H3,(H,24,27,29). The number of aromatic nitrogens is 2. The van der Waals surface area contributed by atoms with Crippen LogP contribution in [0.25, 0.3) is 0 Å². The minimum atomic E-state index is -0.709. The largest absolute Gasteiger partial charge is 0.494 e. The molecule has 0 saturated heterocycles. The van der Waals surface area contributed by atoms with Crippen LogP contribution in [0.15, 0.2) is 33.9 Å². The van der Waals surface area contributed by atoms with Gasteiger partial charge in [-0.25, -0.2) is 4.79 Å². The Labute approximate surface area is 181 Å². The third-order valence-corrected chi connectivity index (χ3v) is 4.85. The average molecular weight is 433 g/mol. The maximum absolute atomic E-state index is 13.3. The van der Waals surface area contributed by atoms with Crippen LogP contribution in [0.1, 0.15) is 49.9 Å². The van der Waals surface area contributed by atoms with Crippen molar-refractivity contribution < 1.29 is 14.3 Å². The topological polar surface area (TPSA) is 120 Å². The van der Waals surface area contributed by atoms with E-state index in [1.807, 2.05) is 6.92 Å². The summed E-state index contributed by atoms with van der Waals surface area (Å²) in [5, 5.41) is 0. The molecule has 0 spiro atoms. The number of carbonyl (C=O) groups is 1. The first-order valence-electron chi connectivity index (χ1n) is 10.6. The van der Waals surface area contributed by atoms with Crippen molar-refractivity contribution in [3.63, 3.8) is 0 Å². The Morgan fingerprint density at radius 2 is 1.77 bits per heavy atom. The Bertz CT molecular complexity index is 965. The number of hydrogen-bond donors (Lipinski definition) is 2. The molecule has 0 aliphatic heterocycles. The molecule has 0 saturated carbocycles. The predicted octanol–water partition coefficient (Wildman–Crippen LogP) is 2.39. The zero-order chi connectivity index (χ0) is 22.8. The van der Waals surface area contributed by atoms with Gasteiger partial charge in [0.1, 0.15) is 11.6 Å². The zero-order valence-electron chi connectivity index (χ0n) is 18.5. The molecule has 2 rings (SSSR count). The second-order valence-electron chi connectivity index (χ2n) is 7.17. The van der Waals surface area contributed by atoms with E-state index >= 15 is 0 Å². The van der Waals surface area contributed by atoms with E-state index in [-0.39, 0.29) is 24.7 Å². The van der Waals surface area contributed by atoms with Gasteiger partial charge < -0.3 is 15.2 Å². The molecule has 0 atom stereocenters. The normalized spacial score (nSPS) is 10.8. The first kappa shape index (κ1) is 24.2. The van der Waals surface area contributed by atoms with Crippen LogP contribution in [0.4, 0.5) is 11.5 Å². The van der Waals surface area contributed by atoms with Gasteiger partial charge in [-0.3, -0.25) is 24.0 Å². The number of aromatic amines is 1. The number of hydrogen-bond acceptors (Lipinski definition) is 6. The number of ether oxygens (including phenoxy) is 2. The molecule has 0 bridgehead atoms. The maximum Gasteiger partial charge on any atom is 0.330 e. The molecule has 0 radical (unpaired) electrons. The Kier molecular flexibility index (Phi) is 9.33. The van der Waals surface area contributed by atoms with Crippen molar-refractivity contribution in [1.29, 1.82) is 0 Å². The van der Waals surface area contributed by atoms with Crippen molar-refractivity contribution in [1.82, 2.24) is 9.55 Å². The summed E-state index contributed by atoms with van der Waals surface area (Å²) >= 11 is 0. The highest BCUT2D eigenvalue weighted by Crippen LogP contribution is 2.21. The van der Waals surface area contributed by atoms with Crippen molar-refractivity contribution in [2.24, 2.45) is 0 Å². The Morgan fingerprint density at radius 1 is 1.10 bits per heavy atom. The molecule has 1 amide bonds. The van der Waals surface area contributed by atoms with Crippen LogP contribution in [0, 0.1) is 0 Å². The van der Waals surface area contributed by atoms with Gasteiger partial charge in [0, 0.05) is 25.8 Å². The van der Waals surface area contributed by atoms with Gasteiger partial charge in [0.25, 0.3) is 11.5 Å². The van der Waals surface area contributed by atoms with E-state index < -0.39 is 17.2 Å². The Balaban J connectivity index is 2.40. The fourth-order valence-electron chi connectivity index (χ4n) is 3.06. The van der Waals surface area contributed by atoms with Gasteiger partial charge in [0.2, 0.25) is 0 Å². The molecule has 9 nitrogen and oxygen atoms in total. The number of nitrogens with two attached hydrogens (primary N) is 1. The van der Waals surface area contributed by atoms with Gasteiger partial charge in [-0.05, 0) is 37.1 Å². The van der Waals surface area contributed by atoms with Gasteiger partial charge in [-0.15, -0.1) is 0 Å². The second-order valence-corrected chi connectivity index (χ2v) is 7.17. The Morgan fingerprint density at radius 3 is 2.39 bits per heavy atom. The number of rotatable bonds is 12. The number of H-pyrrole nitrogens is 1. The molecule has 170 valence electrons. The molecular weight excluding hydrogens is 400 g/mol. The third-order valence-electron chi connectivity index (χ3n) is 4.85. The number of amides is 1. The highest BCUT2D eigenvalue weighted by atomic mass is 16.5. The number of benzene rings is 1. The lowest BCUT2D eigenvalue weighted by Crippen LogP contribution is -2.42. The summed E-state index contributed by atoms with van der Waals surface area (Å²) in [7, 11) is 1.50. The van der Waals surface area contributed by atoms with Crippen molar-refractivity contribution in [2.45, 2.75) is 46.1 Å². The lowest BCUT2D eigenvalue weighted by atomic mass is 10.1. The van der Waals surface area contributed by atoms with Crippen molar-refractivity contribution in [3.8, 4) is 5.75 Å². The highest BCUT2D eigenvalue weighted by molar-refractivity contribution is 6.07. The minimum Gasteiger partial charge on any atom is -0.494 e. The highest BCUT2D eigenvalue weighted by Gasteiger charge is 2.25. The van der Waals surface area contributed by atoms with Gasteiger partial charge in [0.15, 0.2) is 5.69 Å². The van der Waals surface area contributed by atoms with E-state index in [2.05, 4.69) is 11.9 Å². The number of unbranched alkanes of at least 4 members (excludes halogenated alkanes) is 2. The minimum absolute atomic E-state index is 0.0360. The molecule has 0 aliphatic rings. The number of methoxy groups -OCH3 is 1.